The second-order valence-corrected chi connectivity index (χ2v) is 8.15. The topological polar surface area (TPSA) is 107 Å². The smallest absolute Gasteiger partial charge is 0.413 e. The van der Waals surface area contributed by atoms with Crippen LogP contribution in [0.25, 0.3) is 10.2 Å². The highest BCUT2D eigenvalue weighted by molar-refractivity contribution is 7.22. The fraction of sp³-hybridized carbons (Fsp3) is 0.304. The molecule has 32 heavy (non-hydrogen) atoms. The molecule has 0 saturated heterocycles. The Balaban J connectivity index is 1.76. The molecule has 0 aliphatic carbocycles. The molecule has 9 heteroatoms. The SMILES string of the molecule is CCOC(=O)NC(=O)[C@@H](CC(=O)Nc1nc2cc(OC)ccc2s1)[C@@H](C)c1ccccc1. The van der Waals surface area contributed by atoms with Crippen molar-refractivity contribution < 1.29 is 23.9 Å². The molecule has 1 aromatic heterocycles. The van der Waals surface area contributed by atoms with Gasteiger partial charge in [-0.25, -0.2) is 9.78 Å². The molecule has 8 nitrogen and oxygen atoms in total. The molecular weight excluding hydrogens is 430 g/mol. The number of ether oxygens (including phenoxy) is 2. The zero-order valence-corrected chi connectivity index (χ0v) is 18.9. The van der Waals surface area contributed by atoms with Crippen LogP contribution in [0.2, 0.25) is 0 Å². The summed E-state index contributed by atoms with van der Waals surface area (Å²) in [5.41, 5.74) is 1.59. The predicted molar refractivity (Wildman–Crippen MR) is 123 cm³/mol. The summed E-state index contributed by atoms with van der Waals surface area (Å²) < 4.78 is 10.9. The summed E-state index contributed by atoms with van der Waals surface area (Å²) in [4.78, 5) is 41.8. The Hall–Kier alpha value is -3.46. The van der Waals surface area contributed by atoms with Gasteiger partial charge >= 0.3 is 6.09 Å². The van der Waals surface area contributed by atoms with Crippen molar-refractivity contribution in [2.75, 3.05) is 19.0 Å². The van der Waals surface area contributed by atoms with Crippen molar-refractivity contribution in [3.63, 3.8) is 0 Å². The molecular formula is C23H25N3O5S. The fourth-order valence-corrected chi connectivity index (χ4v) is 4.17. The van der Waals surface area contributed by atoms with E-state index in [9.17, 15) is 14.4 Å². The van der Waals surface area contributed by atoms with E-state index in [1.807, 2.05) is 49.4 Å². The van der Waals surface area contributed by atoms with Crippen LogP contribution in [-0.4, -0.2) is 36.6 Å². The number of amides is 3. The van der Waals surface area contributed by atoms with Crippen molar-refractivity contribution in [3.8, 4) is 5.75 Å². The van der Waals surface area contributed by atoms with E-state index < -0.39 is 17.9 Å². The van der Waals surface area contributed by atoms with Crippen molar-refractivity contribution in [1.29, 1.82) is 0 Å². The highest BCUT2D eigenvalue weighted by atomic mass is 32.1. The van der Waals surface area contributed by atoms with E-state index in [2.05, 4.69) is 15.6 Å². The quantitative estimate of drug-likeness (QED) is 0.524. The van der Waals surface area contributed by atoms with Gasteiger partial charge in [0, 0.05) is 12.5 Å². The van der Waals surface area contributed by atoms with Crippen LogP contribution in [0.15, 0.2) is 48.5 Å². The van der Waals surface area contributed by atoms with Crippen molar-refractivity contribution in [2.45, 2.75) is 26.2 Å². The number of hydrogen-bond donors (Lipinski definition) is 2. The first-order chi connectivity index (χ1) is 15.4. The van der Waals surface area contributed by atoms with E-state index in [1.54, 1.807) is 20.1 Å². The number of anilines is 1. The summed E-state index contributed by atoms with van der Waals surface area (Å²) in [5, 5.41) is 5.42. The number of thiazole rings is 1. The summed E-state index contributed by atoms with van der Waals surface area (Å²) >= 11 is 1.33. The monoisotopic (exact) mass is 455 g/mol. The standard InChI is InChI=1S/C23H25N3O5S/c1-4-31-23(29)26-21(28)17(14(2)15-8-6-5-7-9-15)13-20(27)25-22-24-18-12-16(30-3)10-11-19(18)32-22/h5-12,14,17H,4,13H2,1-3H3,(H,24,25,27)(H,26,28,29)/t14-,17-/m0/s1. The molecule has 0 fully saturated rings. The predicted octanol–water partition coefficient (Wildman–Crippen LogP) is 4.33. The average Bonchev–Trinajstić information content (AvgIpc) is 3.18. The molecule has 0 aliphatic heterocycles. The Morgan fingerprint density at radius 3 is 2.56 bits per heavy atom. The number of nitrogens with zero attached hydrogens (tertiary/aromatic N) is 1. The largest absolute Gasteiger partial charge is 0.497 e. The second-order valence-electron chi connectivity index (χ2n) is 7.12. The number of aromatic nitrogens is 1. The Kier molecular flexibility index (Phi) is 7.77. The molecule has 2 aromatic carbocycles. The van der Waals surface area contributed by atoms with E-state index in [1.165, 1.54) is 11.3 Å². The fourth-order valence-electron chi connectivity index (χ4n) is 3.30. The molecule has 0 spiro atoms. The van der Waals surface area contributed by atoms with Crippen LogP contribution in [0.3, 0.4) is 0 Å². The highest BCUT2D eigenvalue weighted by Gasteiger charge is 2.30. The minimum Gasteiger partial charge on any atom is -0.497 e. The van der Waals surface area contributed by atoms with Gasteiger partial charge in [-0.1, -0.05) is 48.6 Å². The van der Waals surface area contributed by atoms with Crippen LogP contribution < -0.4 is 15.4 Å². The van der Waals surface area contributed by atoms with Gasteiger partial charge in [0.05, 0.1) is 29.9 Å². The van der Waals surface area contributed by atoms with Crippen LogP contribution >= 0.6 is 11.3 Å². The van der Waals surface area contributed by atoms with Crippen molar-refractivity contribution in [3.05, 3.63) is 54.1 Å². The summed E-state index contributed by atoms with van der Waals surface area (Å²) in [7, 11) is 1.58. The number of carbonyl (C=O) groups is 3. The number of alkyl carbamates (subject to hydrolysis) is 1. The lowest BCUT2D eigenvalue weighted by atomic mass is 9.84. The normalized spacial score (nSPS) is 12.6. The summed E-state index contributed by atoms with van der Waals surface area (Å²) in [5.74, 6) is -1.35. The van der Waals surface area contributed by atoms with Gasteiger partial charge in [0.2, 0.25) is 11.8 Å². The van der Waals surface area contributed by atoms with E-state index in [0.29, 0.717) is 16.4 Å². The Morgan fingerprint density at radius 2 is 1.88 bits per heavy atom. The van der Waals surface area contributed by atoms with Gasteiger partial charge in [0.15, 0.2) is 5.13 Å². The van der Waals surface area contributed by atoms with Gasteiger partial charge in [-0.15, -0.1) is 0 Å². The summed E-state index contributed by atoms with van der Waals surface area (Å²) in [6.07, 6.45) is -0.955. The lowest BCUT2D eigenvalue weighted by Crippen LogP contribution is -2.39. The van der Waals surface area contributed by atoms with Crippen LogP contribution in [0.4, 0.5) is 9.93 Å². The molecule has 0 bridgehead atoms. The maximum Gasteiger partial charge on any atom is 0.413 e. The van der Waals surface area contributed by atoms with E-state index in [4.69, 9.17) is 9.47 Å². The Morgan fingerprint density at radius 1 is 1.12 bits per heavy atom. The number of methoxy groups -OCH3 is 1. The lowest BCUT2D eigenvalue weighted by Gasteiger charge is -2.22. The maximum absolute atomic E-state index is 12.8. The van der Waals surface area contributed by atoms with Crippen LogP contribution in [0.1, 0.15) is 31.7 Å². The number of nitrogens with one attached hydrogen (secondary N) is 2. The summed E-state index contributed by atoms with van der Waals surface area (Å²) in [6.45, 7) is 3.64. The molecule has 3 aromatic rings. The molecule has 2 N–H and O–H groups in total. The molecule has 0 aliphatic rings. The molecule has 3 amide bonds. The first-order valence-corrected chi connectivity index (χ1v) is 11.0. The molecule has 2 atom stereocenters. The van der Waals surface area contributed by atoms with Crippen molar-refractivity contribution in [2.24, 2.45) is 5.92 Å². The molecule has 0 saturated carbocycles. The molecule has 1 heterocycles. The van der Waals surface area contributed by atoms with Crippen LogP contribution in [0, 0.1) is 5.92 Å². The number of rotatable bonds is 8. The highest BCUT2D eigenvalue weighted by Crippen LogP contribution is 2.30. The van der Waals surface area contributed by atoms with Crippen LogP contribution in [0.5, 0.6) is 5.75 Å². The number of fused-ring (bicyclic) bond motifs is 1. The average molecular weight is 456 g/mol. The number of imide groups is 1. The molecule has 168 valence electrons. The van der Waals surface area contributed by atoms with E-state index in [0.717, 1.165) is 10.3 Å². The van der Waals surface area contributed by atoms with Gasteiger partial charge in [0.25, 0.3) is 0 Å². The maximum atomic E-state index is 12.8. The molecule has 0 unspecified atom stereocenters. The minimum absolute atomic E-state index is 0.124. The molecule has 3 rings (SSSR count). The first kappa shape index (κ1) is 23.2. The zero-order chi connectivity index (χ0) is 23.1. The van der Waals surface area contributed by atoms with Gasteiger partial charge in [0.1, 0.15) is 5.75 Å². The van der Waals surface area contributed by atoms with Gasteiger partial charge in [-0.3, -0.25) is 14.9 Å². The Labute approximate surface area is 189 Å². The lowest BCUT2D eigenvalue weighted by molar-refractivity contribution is -0.128. The van der Waals surface area contributed by atoms with Gasteiger partial charge in [-0.2, -0.15) is 0 Å². The van der Waals surface area contributed by atoms with Gasteiger partial charge < -0.3 is 14.8 Å². The van der Waals surface area contributed by atoms with Crippen LogP contribution in [-0.2, 0) is 14.3 Å². The molecule has 0 radical (unpaired) electrons. The second kappa shape index (κ2) is 10.7. The number of benzene rings is 2. The van der Waals surface area contributed by atoms with Crippen molar-refractivity contribution >= 4 is 44.6 Å². The third kappa shape index (κ3) is 5.82. The first-order valence-electron chi connectivity index (χ1n) is 10.2. The van der Waals surface area contributed by atoms with E-state index in [-0.39, 0.29) is 24.9 Å². The Bertz CT molecular complexity index is 1100. The number of hydrogen-bond acceptors (Lipinski definition) is 7. The number of carbonyl (C=O) groups excluding carboxylic acids is 3. The van der Waals surface area contributed by atoms with Crippen molar-refractivity contribution in [1.82, 2.24) is 10.3 Å². The van der Waals surface area contributed by atoms with Gasteiger partial charge in [-0.05, 0) is 30.5 Å². The van der Waals surface area contributed by atoms with E-state index >= 15 is 0 Å². The third-order valence-corrected chi connectivity index (χ3v) is 5.96. The summed E-state index contributed by atoms with van der Waals surface area (Å²) in [6, 6.07) is 14.8. The minimum atomic E-state index is -0.830. The third-order valence-electron chi connectivity index (χ3n) is 5.01. The zero-order valence-electron chi connectivity index (χ0n) is 18.1.